The Kier molecular flexibility index (Phi) is 6.24. The van der Waals surface area contributed by atoms with Crippen LogP contribution in [-0.4, -0.2) is 36.5 Å². The summed E-state index contributed by atoms with van der Waals surface area (Å²) in [5.74, 6) is 0.548. The maximum atomic E-state index is 13.2. The second kappa shape index (κ2) is 7.75. The number of nitrogens with zero attached hydrogens (tertiary/aromatic N) is 1. The van der Waals surface area contributed by atoms with Gasteiger partial charge in [0.1, 0.15) is 5.82 Å². The smallest absolute Gasteiger partial charge is 0.253 e. The van der Waals surface area contributed by atoms with Crippen molar-refractivity contribution < 1.29 is 9.18 Å². The molecule has 122 valence electrons. The standard InChI is InChI=1S/C16H20BrFN2O.ClH/c17-14-9-12(3-4-15(14)18)16(21)20-7-5-13(6-8-20)19-10-11-1-2-11;/h3-4,9,11,13,19H,1-2,5-8,10H2;1H. The van der Waals surface area contributed by atoms with Gasteiger partial charge < -0.3 is 10.2 Å². The van der Waals surface area contributed by atoms with Crippen LogP contribution in [0.25, 0.3) is 0 Å². The Hall–Kier alpha value is -0.650. The van der Waals surface area contributed by atoms with Crippen molar-refractivity contribution in [3.05, 3.63) is 34.1 Å². The van der Waals surface area contributed by atoms with Crippen LogP contribution in [0.3, 0.4) is 0 Å². The number of carbonyl (C=O) groups excluding carboxylic acids is 1. The zero-order valence-electron chi connectivity index (χ0n) is 12.4. The number of amides is 1. The lowest BCUT2D eigenvalue weighted by Crippen LogP contribution is -2.45. The van der Waals surface area contributed by atoms with Gasteiger partial charge in [0.2, 0.25) is 0 Å². The van der Waals surface area contributed by atoms with Crippen LogP contribution in [0.1, 0.15) is 36.0 Å². The fraction of sp³-hybridized carbons (Fsp3) is 0.562. The summed E-state index contributed by atoms with van der Waals surface area (Å²) in [6, 6.07) is 4.99. The molecule has 1 aliphatic heterocycles. The van der Waals surface area contributed by atoms with Crippen molar-refractivity contribution in [2.24, 2.45) is 5.92 Å². The Morgan fingerprint density at radius 3 is 2.55 bits per heavy atom. The molecule has 1 saturated carbocycles. The van der Waals surface area contributed by atoms with E-state index in [0.717, 1.165) is 38.4 Å². The number of halogens is 3. The van der Waals surface area contributed by atoms with Crippen LogP contribution < -0.4 is 5.32 Å². The number of benzene rings is 1. The van der Waals surface area contributed by atoms with Gasteiger partial charge >= 0.3 is 0 Å². The van der Waals surface area contributed by atoms with Crippen molar-refractivity contribution >= 4 is 34.2 Å². The Morgan fingerprint density at radius 1 is 1.27 bits per heavy atom. The van der Waals surface area contributed by atoms with E-state index in [9.17, 15) is 9.18 Å². The summed E-state index contributed by atoms with van der Waals surface area (Å²) in [5.41, 5.74) is 0.549. The third-order valence-electron chi connectivity index (χ3n) is 4.34. The number of hydrogen-bond donors (Lipinski definition) is 1. The molecule has 0 aromatic heterocycles. The molecule has 1 saturated heterocycles. The third-order valence-corrected chi connectivity index (χ3v) is 4.95. The van der Waals surface area contributed by atoms with E-state index < -0.39 is 0 Å². The molecule has 1 N–H and O–H groups in total. The minimum atomic E-state index is -0.338. The van der Waals surface area contributed by atoms with Crippen molar-refractivity contribution in [2.75, 3.05) is 19.6 Å². The fourth-order valence-electron chi connectivity index (χ4n) is 2.75. The molecule has 1 aromatic rings. The molecule has 1 heterocycles. The molecule has 0 atom stereocenters. The summed E-state index contributed by atoms with van der Waals surface area (Å²) in [6.07, 6.45) is 4.73. The Morgan fingerprint density at radius 2 is 1.95 bits per heavy atom. The SMILES string of the molecule is Cl.O=C(c1ccc(F)c(Br)c1)N1CCC(NCC2CC2)CC1. The summed E-state index contributed by atoms with van der Waals surface area (Å²) in [4.78, 5) is 14.3. The van der Waals surface area contributed by atoms with Crippen LogP contribution in [0.2, 0.25) is 0 Å². The highest BCUT2D eigenvalue weighted by Crippen LogP contribution is 2.28. The Balaban J connectivity index is 0.00000176. The summed E-state index contributed by atoms with van der Waals surface area (Å²) < 4.78 is 13.6. The molecular formula is C16H21BrClFN2O. The molecule has 2 fully saturated rings. The van der Waals surface area contributed by atoms with Crippen LogP contribution in [0, 0.1) is 11.7 Å². The third kappa shape index (κ3) is 4.43. The largest absolute Gasteiger partial charge is 0.339 e. The minimum absolute atomic E-state index is 0. The molecular weight excluding hydrogens is 371 g/mol. The van der Waals surface area contributed by atoms with Gasteiger partial charge in [-0.2, -0.15) is 0 Å². The van der Waals surface area contributed by atoms with Gasteiger partial charge in [-0.1, -0.05) is 0 Å². The van der Waals surface area contributed by atoms with E-state index in [1.807, 2.05) is 4.90 Å². The number of carbonyl (C=O) groups is 1. The van der Waals surface area contributed by atoms with Gasteiger partial charge in [0, 0.05) is 24.7 Å². The second-order valence-corrected chi connectivity index (χ2v) is 6.90. The first-order valence-electron chi connectivity index (χ1n) is 7.61. The highest BCUT2D eigenvalue weighted by molar-refractivity contribution is 9.10. The van der Waals surface area contributed by atoms with E-state index in [1.54, 1.807) is 12.1 Å². The maximum Gasteiger partial charge on any atom is 0.253 e. The first-order chi connectivity index (χ1) is 10.1. The molecule has 0 unspecified atom stereocenters. The molecule has 6 heteroatoms. The average molecular weight is 392 g/mol. The number of nitrogens with one attached hydrogen (secondary N) is 1. The number of likely N-dealkylation sites (tertiary alicyclic amines) is 1. The quantitative estimate of drug-likeness (QED) is 0.850. The maximum absolute atomic E-state index is 13.2. The predicted molar refractivity (Wildman–Crippen MR) is 91.0 cm³/mol. The van der Waals surface area contributed by atoms with Gasteiger partial charge in [0.05, 0.1) is 4.47 Å². The first-order valence-corrected chi connectivity index (χ1v) is 8.40. The minimum Gasteiger partial charge on any atom is -0.339 e. The van der Waals surface area contributed by atoms with Crippen LogP contribution in [0.4, 0.5) is 4.39 Å². The zero-order valence-corrected chi connectivity index (χ0v) is 14.8. The summed E-state index contributed by atoms with van der Waals surface area (Å²) in [7, 11) is 0. The monoisotopic (exact) mass is 390 g/mol. The van der Waals surface area contributed by atoms with E-state index in [2.05, 4.69) is 21.2 Å². The summed E-state index contributed by atoms with van der Waals surface area (Å²) >= 11 is 3.13. The average Bonchev–Trinajstić information content (AvgIpc) is 3.32. The van der Waals surface area contributed by atoms with Gasteiger partial charge in [-0.05, 0) is 72.3 Å². The van der Waals surface area contributed by atoms with E-state index in [-0.39, 0.29) is 24.1 Å². The van der Waals surface area contributed by atoms with Gasteiger partial charge in [0.15, 0.2) is 0 Å². The Bertz CT molecular complexity index is 531. The van der Waals surface area contributed by atoms with Crippen LogP contribution in [0.15, 0.2) is 22.7 Å². The lowest BCUT2D eigenvalue weighted by Gasteiger charge is -2.32. The molecule has 0 radical (unpaired) electrons. The van der Waals surface area contributed by atoms with Crippen molar-refractivity contribution in [3.63, 3.8) is 0 Å². The van der Waals surface area contributed by atoms with E-state index in [1.165, 1.54) is 18.9 Å². The van der Waals surface area contributed by atoms with Crippen LogP contribution in [0.5, 0.6) is 0 Å². The highest BCUT2D eigenvalue weighted by Gasteiger charge is 2.26. The molecule has 2 aliphatic rings. The highest BCUT2D eigenvalue weighted by atomic mass is 79.9. The summed E-state index contributed by atoms with van der Waals surface area (Å²) in [6.45, 7) is 2.68. The molecule has 3 rings (SSSR count). The molecule has 3 nitrogen and oxygen atoms in total. The van der Waals surface area contributed by atoms with Gasteiger partial charge in [-0.3, -0.25) is 4.79 Å². The predicted octanol–water partition coefficient (Wildman–Crippen LogP) is 3.61. The molecule has 1 amide bonds. The molecule has 22 heavy (non-hydrogen) atoms. The number of piperidine rings is 1. The normalized spacial score (nSPS) is 18.9. The van der Waals surface area contributed by atoms with Crippen LogP contribution >= 0.6 is 28.3 Å². The van der Waals surface area contributed by atoms with Gasteiger partial charge in [-0.25, -0.2) is 4.39 Å². The van der Waals surface area contributed by atoms with E-state index in [0.29, 0.717) is 16.1 Å². The van der Waals surface area contributed by atoms with Crippen molar-refractivity contribution in [1.29, 1.82) is 0 Å². The Labute approximate surface area is 145 Å². The summed E-state index contributed by atoms with van der Waals surface area (Å²) in [5, 5.41) is 3.60. The van der Waals surface area contributed by atoms with Gasteiger partial charge in [-0.15, -0.1) is 12.4 Å². The lowest BCUT2D eigenvalue weighted by molar-refractivity contribution is 0.0705. The molecule has 0 spiro atoms. The molecule has 0 bridgehead atoms. The first kappa shape index (κ1) is 17.7. The zero-order chi connectivity index (χ0) is 14.8. The lowest BCUT2D eigenvalue weighted by atomic mass is 10.0. The van der Waals surface area contributed by atoms with Crippen molar-refractivity contribution in [1.82, 2.24) is 10.2 Å². The van der Waals surface area contributed by atoms with Crippen LogP contribution in [-0.2, 0) is 0 Å². The number of hydrogen-bond acceptors (Lipinski definition) is 2. The topological polar surface area (TPSA) is 32.3 Å². The van der Waals surface area contributed by atoms with Crippen molar-refractivity contribution in [3.8, 4) is 0 Å². The van der Waals surface area contributed by atoms with E-state index in [4.69, 9.17) is 0 Å². The van der Waals surface area contributed by atoms with Gasteiger partial charge in [0.25, 0.3) is 5.91 Å². The van der Waals surface area contributed by atoms with E-state index >= 15 is 0 Å². The molecule has 1 aliphatic carbocycles. The van der Waals surface area contributed by atoms with Crippen molar-refractivity contribution in [2.45, 2.75) is 31.7 Å². The number of rotatable bonds is 4. The molecule has 1 aromatic carbocycles. The second-order valence-electron chi connectivity index (χ2n) is 6.05. The fourth-order valence-corrected chi connectivity index (χ4v) is 3.13.